The van der Waals surface area contributed by atoms with E-state index < -0.39 is 17.3 Å². The van der Waals surface area contributed by atoms with E-state index in [0.717, 1.165) is 11.6 Å². The lowest BCUT2D eigenvalue weighted by atomic mass is 10.1. The summed E-state index contributed by atoms with van der Waals surface area (Å²) in [7, 11) is 0. The van der Waals surface area contributed by atoms with E-state index in [1.165, 1.54) is 34.6 Å². The minimum atomic E-state index is -4.44. The topological polar surface area (TPSA) is 153 Å². The van der Waals surface area contributed by atoms with E-state index in [1.54, 1.807) is 10.9 Å². The number of hydrogen-bond donors (Lipinski definition) is 2. The summed E-state index contributed by atoms with van der Waals surface area (Å²) >= 11 is 0. The molecule has 0 bridgehead atoms. The lowest BCUT2D eigenvalue weighted by Gasteiger charge is -2.12. The molecule has 0 atom stereocenters. The summed E-state index contributed by atoms with van der Waals surface area (Å²) in [5, 5.41) is 27.5. The van der Waals surface area contributed by atoms with Crippen LogP contribution in [0.1, 0.15) is 22.3 Å². The van der Waals surface area contributed by atoms with E-state index in [4.69, 9.17) is 0 Å². The van der Waals surface area contributed by atoms with E-state index in [-0.39, 0.29) is 28.7 Å². The summed E-state index contributed by atoms with van der Waals surface area (Å²) < 4.78 is 41.7. The van der Waals surface area contributed by atoms with Crippen molar-refractivity contribution >= 4 is 22.1 Å². The molecular weight excluding hydrogens is 517 g/mol. The highest BCUT2D eigenvalue weighted by atomic mass is 19.4. The van der Waals surface area contributed by atoms with Crippen LogP contribution in [0.15, 0.2) is 70.5 Å². The highest BCUT2D eigenvalue weighted by molar-refractivity contribution is 5.72. The molecule has 6 rings (SSSR count). The zero-order chi connectivity index (χ0) is 27.6. The highest BCUT2D eigenvalue weighted by Crippen LogP contribution is 2.32. The molecule has 0 aliphatic heterocycles. The minimum Gasteiger partial charge on any atom is -0.267 e. The molecule has 0 aliphatic rings. The molecule has 0 radical (unpaired) electrons. The van der Waals surface area contributed by atoms with Gasteiger partial charge in [-0.1, -0.05) is 52.9 Å². The molecule has 0 amide bonds. The second-order valence-corrected chi connectivity index (χ2v) is 8.49. The highest BCUT2D eigenvalue weighted by Gasteiger charge is 2.33. The number of benzene rings is 2. The molecule has 12 nitrogen and oxygen atoms in total. The van der Waals surface area contributed by atoms with Crippen LogP contribution in [0.2, 0.25) is 0 Å². The first-order valence-corrected chi connectivity index (χ1v) is 11.5. The number of hydrogen-bond acceptors (Lipinski definition) is 8. The predicted octanol–water partition coefficient (Wildman–Crippen LogP) is 2.45. The Labute approximate surface area is 216 Å². The fraction of sp³-hybridized carbons (Fsp3) is 0.167. The van der Waals surface area contributed by atoms with Crippen LogP contribution >= 0.6 is 0 Å². The lowest BCUT2D eigenvalue weighted by Crippen LogP contribution is -2.11. The fourth-order valence-corrected chi connectivity index (χ4v) is 3.88. The van der Waals surface area contributed by atoms with Crippen molar-refractivity contribution in [2.24, 2.45) is 0 Å². The maximum Gasteiger partial charge on any atom is 0.416 e. The van der Waals surface area contributed by atoms with Crippen molar-refractivity contribution < 1.29 is 13.2 Å². The Hall–Kier alpha value is -5.21. The molecule has 0 unspecified atom stereocenters. The summed E-state index contributed by atoms with van der Waals surface area (Å²) in [4.78, 5) is 23.0. The third kappa shape index (κ3) is 5.56. The second-order valence-electron chi connectivity index (χ2n) is 8.49. The molecule has 6 aromatic rings. The average Bonchev–Trinajstić information content (AvgIpc) is 3.51. The number of aromatic amines is 2. The van der Waals surface area contributed by atoms with Crippen LogP contribution in [-0.4, -0.2) is 50.4 Å². The third-order valence-corrected chi connectivity index (χ3v) is 5.81. The van der Waals surface area contributed by atoms with Gasteiger partial charge in [-0.3, -0.25) is 19.0 Å². The number of aromatic nitrogens is 10. The molecule has 198 valence electrons. The second kappa shape index (κ2) is 10.3. The van der Waals surface area contributed by atoms with Gasteiger partial charge in [0.2, 0.25) is 11.3 Å². The van der Waals surface area contributed by atoms with Crippen molar-refractivity contribution in [3.05, 3.63) is 104 Å². The van der Waals surface area contributed by atoms with Gasteiger partial charge in [0.05, 0.1) is 18.7 Å². The van der Waals surface area contributed by atoms with Crippen LogP contribution in [0.25, 0.3) is 22.1 Å². The minimum absolute atomic E-state index is 0.0576. The van der Waals surface area contributed by atoms with Gasteiger partial charge in [-0.15, -0.1) is 20.4 Å². The van der Waals surface area contributed by atoms with Crippen LogP contribution in [0.4, 0.5) is 13.2 Å². The lowest BCUT2D eigenvalue weighted by molar-refractivity contribution is -0.138. The molecule has 39 heavy (non-hydrogen) atoms. The van der Waals surface area contributed by atoms with E-state index in [0.29, 0.717) is 17.6 Å². The van der Waals surface area contributed by atoms with Crippen molar-refractivity contribution in [1.82, 2.24) is 50.4 Å². The molecule has 2 aromatic carbocycles. The average molecular weight is 536 g/mol. The van der Waals surface area contributed by atoms with Crippen molar-refractivity contribution in [1.29, 1.82) is 0 Å². The van der Waals surface area contributed by atoms with Gasteiger partial charge in [0.25, 0.3) is 11.1 Å². The maximum absolute atomic E-state index is 12.9. The first kappa shape index (κ1) is 25.4. The molecule has 4 aromatic heterocycles. The Kier molecular flexibility index (Phi) is 6.70. The Balaban J connectivity index is 0.000000160. The number of alkyl halides is 3. The van der Waals surface area contributed by atoms with Gasteiger partial charge in [0.15, 0.2) is 0 Å². The molecule has 2 N–H and O–H groups in total. The van der Waals surface area contributed by atoms with Crippen molar-refractivity contribution in [2.45, 2.75) is 26.2 Å². The number of H-pyrrole nitrogens is 2. The van der Waals surface area contributed by atoms with Crippen LogP contribution in [0.3, 0.4) is 0 Å². The number of halogens is 3. The Morgan fingerprint density at radius 2 is 1.23 bits per heavy atom. The molecular formula is C24H19F3N10O2. The first-order chi connectivity index (χ1) is 18.7. The standard InChI is InChI=1S/C12H8F3N5O.C12H11N5O/c13-12(14,15)9-4-2-1-3-7(9)5-20-6-8-10(18-20)16-19-17-11(8)21;1-8-4-2-3-5-9(8)6-17-7-10-11(15-17)13-16-14-12(10)18/h1-4,6H,5H2,(H,16,17,18,21);2-5,7H,6H2,1H3,(H,13,14,15,18). The van der Waals surface area contributed by atoms with Crippen molar-refractivity contribution in [2.75, 3.05) is 0 Å². The van der Waals surface area contributed by atoms with Crippen molar-refractivity contribution in [3.63, 3.8) is 0 Å². The third-order valence-electron chi connectivity index (χ3n) is 5.81. The number of aryl methyl sites for hydroxylation is 1. The van der Waals surface area contributed by atoms with Gasteiger partial charge in [-0.25, -0.2) is 10.2 Å². The summed E-state index contributed by atoms with van der Waals surface area (Å²) in [6.45, 7) is 2.54. The van der Waals surface area contributed by atoms with Gasteiger partial charge in [-0.05, 0) is 29.7 Å². The van der Waals surface area contributed by atoms with E-state index in [2.05, 4.69) is 41.0 Å². The molecule has 0 aliphatic carbocycles. The quantitative estimate of drug-likeness (QED) is 0.348. The van der Waals surface area contributed by atoms with Crippen LogP contribution in [0, 0.1) is 6.92 Å². The molecule has 0 saturated heterocycles. The molecule has 0 saturated carbocycles. The van der Waals surface area contributed by atoms with Crippen molar-refractivity contribution in [3.8, 4) is 0 Å². The zero-order valence-electron chi connectivity index (χ0n) is 20.2. The molecule has 15 heteroatoms. The summed E-state index contributed by atoms with van der Waals surface area (Å²) in [5.41, 5.74) is 1.38. The Bertz CT molecular complexity index is 1890. The smallest absolute Gasteiger partial charge is 0.267 e. The maximum atomic E-state index is 12.9. The summed E-state index contributed by atoms with van der Waals surface area (Å²) in [5.74, 6) is 0. The molecule has 0 fully saturated rings. The first-order valence-electron chi connectivity index (χ1n) is 11.5. The normalized spacial score (nSPS) is 11.5. The van der Waals surface area contributed by atoms with E-state index >= 15 is 0 Å². The Morgan fingerprint density at radius 1 is 0.744 bits per heavy atom. The van der Waals surface area contributed by atoms with Gasteiger partial charge in [-0.2, -0.15) is 13.2 Å². The SMILES string of the molecule is Cc1ccccc1Cn1cc2c(=O)[nH]nnc2n1.O=c1[nH]nnc2nn(Cc3ccccc3C(F)(F)F)cc12. The number of fused-ring (bicyclic) bond motifs is 2. The number of nitrogens with zero attached hydrogens (tertiary/aromatic N) is 8. The van der Waals surface area contributed by atoms with Gasteiger partial charge in [0, 0.05) is 12.4 Å². The Morgan fingerprint density at radius 3 is 1.74 bits per heavy atom. The van der Waals surface area contributed by atoms with Gasteiger partial charge < -0.3 is 0 Å². The monoisotopic (exact) mass is 536 g/mol. The van der Waals surface area contributed by atoms with Crippen LogP contribution in [-0.2, 0) is 19.3 Å². The summed E-state index contributed by atoms with van der Waals surface area (Å²) in [6.07, 6.45) is -1.41. The number of nitrogens with one attached hydrogen (secondary N) is 2. The fourth-order valence-electron chi connectivity index (χ4n) is 3.88. The zero-order valence-corrected chi connectivity index (χ0v) is 20.2. The summed E-state index contributed by atoms with van der Waals surface area (Å²) in [6, 6.07) is 13.3. The largest absolute Gasteiger partial charge is 0.416 e. The van der Waals surface area contributed by atoms with Gasteiger partial charge >= 0.3 is 6.18 Å². The molecule has 0 spiro atoms. The predicted molar refractivity (Wildman–Crippen MR) is 133 cm³/mol. The van der Waals surface area contributed by atoms with Crippen LogP contribution < -0.4 is 11.1 Å². The van der Waals surface area contributed by atoms with E-state index in [9.17, 15) is 22.8 Å². The molecule has 4 heterocycles. The number of rotatable bonds is 4. The van der Waals surface area contributed by atoms with Gasteiger partial charge in [0.1, 0.15) is 10.8 Å². The van der Waals surface area contributed by atoms with E-state index in [1.807, 2.05) is 31.2 Å². The van der Waals surface area contributed by atoms with Crippen LogP contribution in [0.5, 0.6) is 0 Å².